The first kappa shape index (κ1) is 47.3. The first-order valence-corrected chi connectivity index (χ1v) is 21.8. The molecule has 0 aromatic heterocycles. The van der Waals surface area contributed by atoms with E-state index in [9.17, 15) is 9.59 Å². The molecule has 1 aliphatic heterocycles. The Bertz CT molecular complexity index is 1550. The predicted octanol–water partition coefficient (Wildman–Crippen LogP) is 12.5. The summed E-state index contributed by atoms with van der Waals surface area (Å²) in [5.74, 6) is -0.0241. The number of carbonyl (C=O) groups excluding carboxylic acids is 2. The molecule has 7 nitrogen and oxygen atoms in total. The van der Waals surface area contributed by atoms with E-state index < -0.39 is 0 Å². The van der Waals surface area contributed by atoms with E-state index in [4.69, 9.17) is 22.1 Å². The number of ether oxygens (including phenoxy) is 1. The number of hydrogen-bond donors (Lipinski definition) is 3. The van der Waals surface area contributed by atoms with Gasteiger partial charge in [0.05, 0.1) is 12.1 Å². The van der Waals surface area contributed by atoms with Crippen LogP contribution < -0.4 is 21.3 Å². The van der Waals surface area contributed by atoms with Gasteiger partial charge in [0.2, 0.25) is 5.91 Å². The molecule has 1 unspecified atom stereocenters. The minimum Gasteiger partial charge on any atom is -0.378 e. The fraction of sp³-hybridized carbons (Fsp3) is 0.574. The average Bonchev–Trinajstić information content (AvgIpc) is 3.18. The van der Waals surface area contributed by atoms with Crippen molar-refractivity contribution in [1.82, 2.24) is 5.32 Å². The molecule has 0 bridgehead atoms. The smallest absolute Gasteiger partial charge is 0.251 e. The van der Waals surface area contributed by atoms with Crippen molar-refractivity contribution in [2.45, 2.75) is 155 Å². The highest BCUT2D eigenvalue weighted by Crippen LogP contribution is 2.41. The molecular weight excluding hydrogens is 739 g/mol. The number of amides is 2. The molecule has 0 aliphatic carbocycles. The summed E-state index contributed by atoms with van der Waals surface area (Å²) in [7, 11) is 0. The Balaban J connectivity index is 0.00000841. The highest BCUT2D eigenvalue weighted by Gasteiger charge is 2.32. The minimum atomic E-state index is -0.0596. The normalized spacial score (nSPS) is 15.5. The quantitative estimate of drug-likeness (QED) is 0.0702. The predicted molar refractivity (Wildman–Crippen MR) is 239 cm³/mol. The molecule has 0 saturated carbocycles. The molecule has 56 heavy (non-hydrogen) atoms. The van der Waals surface area contributed by atoms with Crippen molar-refractivity contribution in [2.24, 2.45) is 5.73 Å². The zero-order chi connectivity index (χ0) is 39.3. The van der Waals surface area contributed by atoms with Crippen LogP contribution in [-0.4, -0.2) is 43.7 Å². The van der Waals surface area contributed by atoms with Gasteiger partial charge in [-0.15, -0.1) is 12.4 Å². The Morgan fingerprint density at radius 2 is 1.41 bits per heavy atom. The van der Waals surface area contributed by atoms with E-state index in [1.807, 2.05) is 53.4 Å². The van der Waals surface area contributed by atoms with Crippen LogP contribution in [0.2, 0.25) is 5.02 Å². The standard InChI is InChI=1S/C47H69ClN4O3.ClH/c1-4-5-18-33-55-43(19-16-14-12-10-8-6-7-9-11-13-15-17-31-49)30-32-50-47(54)39-22-20-38(21-23-39)40-24-29-46-44(35-40)45(34-36(2)52(46)37(3)53)51-42-27-25-41(48)26-28-42;/h20-29,35-36,43,45,51H,4-19,30-34,49H2,1-3H3,(H,50,54);1H/t36-,43?,45+;/m0./s1. The lowest BCUT2D eigenvalue weighted by atomic mass is 9.88. The first-order chi connectivity index (χ1) is 26.8. The van der Waals surface area contributed by atoms with Gasteiger partial charge in [-0.1, -0.05) is 120 Å². The second kappa shape index (κ2) is 26.7. The van der Waals surface area contributed by atoms with E-state index in [2.05, 4.69) is 42.7 Å². The summed E-state index contributed by atoms with van der Waals surface area (Å²) in [6.07, 6.45) is 22.0. The summed E-state index contributed by atoms with van der Waals surface area (Å²) in [4.78, 5) is 27.8. The van der Waals surface area contributed by atoms with E-state index >= 15 is 0 Å². The van der Waals surface area contributed by atoms with Crippen molar-refractivity contribution in [3.8, 4) is 11.1 Å². The molecule has 1 heterocycles. The fourth-order valence-electron chi connectivity index (χ4n) is 7.87. The van der Waals surface area contributed by atoms with Gasteiger partial charge < -0.3 is 26.0 Å². The van der Waals surface area contributed by atoms with Crippen molar-refractivity contribution in [1.29, 1.82) is 0 Å². The first-order valence-electron chi connectivity index (χ1n) is 21.5. The zero-order valence-electron chi connectivity index (χ0n) is 34.5. The molecule has 3 aromatic carbocycles. The van der Waals surface area contributed by atoms with E-state index in [-0.39, 0.29) is 42.4 Å². The molecule has 3 aromatic rings. The van der Waals surface area contributed by atoms with Gasteiger partial charge >= 0.3 is 0 Å². The number of hydrogen-bond acceptors (Lipinski definition) is 5. The van der Waals surface area contributed by atoms with Crippen molar-refractivity contribution in [3.05, 3.63) is 82.9 Å². The van der Waals surface area contributed by atoms with E-state index in [0.717, 1.165) is 66.9 Å². The number of fused-ring (bicyclic) bond motifs is 1. The lowest BCUT2D eigenvalue weighted by Crippen LogP contribution is -2.43. The van der Waals surface area contributed by atoms with Crippen LogP contribution in [0, 0.1) is 0 Å². The second-order valence-electron chi connectivity index (χ2n) is 15.6. The van der Waals surface area contributed by atoms with Gasteiger partial charge in [0.15, 0.2) is 0 Å². The SMILES string of the molecule is CCCCCOC(CCCCCCCCCCCCCCN)CCNC(=O)c1ccc(-c2ccc3c(c2)[C@H](Nc2ccc(Cl)cc2)C[C@H](C)N3C(C)=O)cc1.Cl. The number of unbranched alkanes of at least 4 members (excludes halogenated alkanes) is 13. The maximum atomic E-state index is 13.2. The summed E-state index contributed by atoms with van der Waals surface area (Å²) in [6, 6.07) is 21.9. The Kier molecular flexibility index (Phi) is 22.6. The number of carbonyl (C=O) groups is 2. The lowest BCUT2D eigenvalue weighted by Gasteiger charge is -2.39. The van der Waals surface area contributed by atoms with E-state index in [1.54, 1.807) is 6.92 Å². The third-order valence-corrected chi connectivity index (χ3v) is 11.3. The van der Waals surface area contributed by atoms with Gasteiger partial charge in [-0.3, -0.25) is 9.59 Å². The number of anilines is 2. The number of nitrogens with one attached hydrogen (secondary N) is 2. The Hall–Kier alpha value is -3.10. The highest BCUT2D eigenvalue weighted by atomic mass is 35.5. The maximum absolute atomic E-state index is 13.2. The average molecular weight is 810 g/mol. The largest absolute Gasteiger partial charge is 0.378 e. The van der Waals surface area contributed by atoms with Crippen molar-refractivity contribution in [3.63, 3.8) is 0 Å². The van der Waals surface area contributed by atoms with E-state index in [0.29, 0.717) is 17.1 Å². The molecule has 2 amide bonds. The summed E-state index contributed by atoms with van der Waals surface area (Å²) in [6.45, 7) is 8.17. The number of benzene rings is 3. The van der Waals surface area contributed by atoms with Crippen LogP contribution in [0.5, 0.6) is 0 Å². The third kappa shape index (κ3) is 16.0. The molecule has 1 aliphatic rings. The summed E-state index contributed by atoms with van der Waals surface area (Å²) in [5, 5.41) is 7.52. The number of halogens is 2. The van der Waals surface area contributed by atoms with Gasteiger partial charge in [0, 0.05) is 48.1 Å². The molecule has 0 radical (unpaired) electrons. The van der Waals surface area contributed by atoms with Crippen LogP contribution in [0.1, 0.15) is 158 Å². The molecule has 0 saturated heterocycles. The zero-order valence-corrected chi connectivity index (χ0v) is 36.0. The summed E-state index contributed by atoms with van der Waals surface area (Å²) >= 11 is 6.14. The number of nitrogens with zero attached hydrogens (tertiary/aromatic N) is 1. The van der Waals surface area contributed by atoms with Crippen molar-refractivity contribution >= 4 is 47.2 Å². The minimum absolute atomic E-state index is 0. The maximum Gasteiger partial charge on any atom is 0.251 e. The van der Waals surface area contributed by atoms with Crippen LogP contribution >= 0.6 is 24.0 Å². The molecular formula is C47H70Cl2N4O3. The molecule has 0 fully saturated rings. The molecule has 4 rings (SSSR count). The van der Waals surface area contributed by atoms with Crippen LogP contribution in [0.3, 0.4) is 0 Å². The van der Waals surface area contributed by atoms with E-state index in [1.165, 1.54) is 89.9 Å². The number of rotatable bonds is 26. The monoisotopic (exact) mass is 808 g/mol. The van der Waals surface area contributed by atoms with Gasteiger partial charge in [-0.25, -0.2) is 0 Å². The molecule has 9 heteroatoms. The molecule has 3 atom stereocenters. The summed E-state index contributed by atoms with van der Waals surface area (Å²) in [5.41, 5.74) is 11.3. The lowest BCUT2D eigenvalue weighted by molar-refractivity contribution is -0.117. The van der Waals surface area contributed by atoms with Gasteiger partial charge in [-0.2, -0.15) is 0 Å². The second-order valence-corrected chi connectivity index (χ2v) is 16.0. The summed E-state index contributed by atoms with van der Waals surface area (Å²) < 4.78 is 6.32. The fourth-order valence-corrected chi connectivity index (χ4v) is 7.99. The Labute approximate surface area is 349 Å². The van der Waals surface area contributed by atoms with Crippen LogP contribution in [0.4, 0.5) is 11.4 Å². The number of nitrogens with two attached hydrogens (primary N) is 1. The van der Waals surface area contributed by atoms with Crippen LogP contribution in [-0.2, 0) is 9.53 Å². The van der Waals surface area contributed by atoms with Crippen LogP contribution in [0.15, 0.2) is 66.7 Å². The highest BCUT2D eigenvalue weighted by molar-refractivity contribution is 6.30. The topological polar surface area (TPSA) is 96.7 Å². The van der Waals surface area contributed by atoms with Gasteiger partial charge in [0.25, 0.3) is 5.91 Å². The molecule has 4 N–H and O–H groups in total. The van der Waals surface area contributed by atoms with Crippen molar-refractivity contribution in [2.75, 3.05) is 29.9 Å². The van der Waals surface area contributed by atoms with Crippen LogP contribution in [0.25, 0.3) is 11.1 Å². The molecule has 0 spiro atoms. The Morgan fingerprint density at radius 3 is 2.02 bits per heavy atom. The third-order valence-electron chi connectivity index (χ3n) is 11.0. The van der Waals surface area contributed by atoms with Gasteiger partial charge in [0.1, 0.15) is 0 Å². The Morgan fingerprint density at radius 1 is 0.804 bits per heavy atom. The van der Waals surface area contributed by atoms with Crippen molar-refractivity contribution < 1.29 is 14.3 Å². The molecule has 310 valence electrons. The van der Waals surface area contributed by atoms with Gasteiger partial charge in [-0.05, 0) is 111 Å².